The van der Waals surface area contributed by atoms with Gasteiger partial charge in [-0.25, -0.2) is 0 Å². The molecule has 1 aliphatic heterocycles. The Labute approximate surface area is 264 Å². The lowest BCUT2D eigenvalue weighted by Crippen LogP contribution is -2.30. The molecule has 0 aliphatic carbocycles. The highest BCUT2D eigenvalue weighted by molar-refractivity contribution is 8.00. The van der Waals surface area contributed by atoms with Crippen molar-refractivity contribution in [3.05, 3.63) is 132 Å². The fourth-order valence-corrected chi connectivity index (χ4v) is 5.56. The Morgan fingerprint density at radius 3 is 2.31 bits per heavy atom. The van der Waals surface area contributed by atoms with Crippen LogP contribution in [0.5, 0.6) is 11.5 Å². The maximum Gasteiger partial charge on any atom is 0.272 e. The molecule has 0 spiro atoms. The number of fused-ring (bicyclic) bond motifs is 2. The second kappa shape index (κ2) is 13.8. The van der Waals surface area contributed by atoms with Crippen molar-refractivity contribution < 1.29 is 23.9 Å². The van der Waals surface area contributed by atoms with Crippen LogP contribution in [0.3, 0.4) is 0 Å². The highest BCUT2D eigenvalue weighted by Gasteiger charge is 2.17. The summed E-state index contributed by atoms with van der Waals surface area (Å²) in [6, 6.07) is 34.9. The van der Waals surface area contributed by atoms with Crippen molar-refractivity contribution >= 4 is 57.7 Å². The number of hydrogen-bond acceptors (Lipinski definition) is 6. The standard InChI is InChI=1S/C36H29N3O5S/c40-34(37-28-16-17-32-33(22-28)44-19-18-43-32)23-45-29-14-7-13-27(21-29)38-36(42)31(39-35(41)25-9-2-1-3-10-25)20-26-12-6-11-24-8-4-5-15-30(24)26/h1-17,20-22H,18-19,23H2,(H,37,40)(H,38,42)(H,39,41)/b31-20+. The third-order valence-electron chi connectivity index (χ3n) is 6.94. The molecule has 224 valence electrons. The second-order valence-electron chi connectivity index (χ2n) is 10.1. The average Bonchev–Trinajstić information content (AvgIpc) is 3.07. The first-order valence-electron chi connectivity index (χ1n) is 14.3. The van der Waals surface area contributed by atoms with Gasteiger partial charge < -0.3 is 25.4 Å². The molecular formula is C36H29N3O5S. The number of thioether (sulfide) groups is 1. The van der Waals surface area contributed by atoms with Gasteiger partial charge in [0.25, 0.3) is 11.8 Å². The minimum atomic E-state index is -0.481. The van der Waals surface area contributed by atoms with Gasteiger partial charge in [-0.05, 0) is 64.9 Å². The van der Waals surface area contributed by atoms with Crippen LogP contribution in [-0.2, 0) is 9.59 Å². The van der Waals surface area contributed by atoms with Crippen LogP contribution in [0.4, 0.5) is 11.4 Å². The Bertz CT molecular complexity index is 1900. The zero-order valence-electron chi connectivity index (χ0n) is 24.1. The van der Waals surface area contributed by atoms with Gasteiger partial charge in [0.15, 0.2) is 11.5 Å². The van der Waals surface area contributed by atoms with E-state index in [-0.39, 0.29) is 17.4 Å². The molecule has 0 saturated heterocycles. The molecule has 9 heteroatoms. The molecule has 1 heterocycles. The Morgan fingerprint density at radius 2 is 1.44 bits per heavy atom. The molecule has 0 radical (unpaired) electrons. The molecule has 45 heavy (non-hydrogen) atoms. The molecule has 5 aromatic rings. The van der Waals surface area contributed by atoms with E-state index >= 15 is 0 Å². The largest absolute Gasteiger partial charge is 0.486 e. The minimum Gasteiger partial charge on any atom is -0.486 e. The molecule has 1 aliphatic rings. The SMILES string of the molecule is O=C(CSc1cccc(NC(=O)/C(=C\c2cccc3ccccc23)NC(=O)c2ccccc2)c1)Nc1ccc2c(c1)OCCO2. The van der Waals surface area contributed by atoms with Crippen molar-refractivity contribution in [2.45, 2.75) is 4.90 Å². The summed E-state index contributed by atoms with van der Waals surface area (Å²) in [4.78, 5) is 40.2. The fraction of sp³-hybridized carbons (Fsp3) is 0.0833. The number of carbonyl (C=O) groups is 3. The van der Waals surface area contributed by atoms with E-state index in [1.807, 2.05) is 54.6 Å². The molecule has 0 aromatic heterocycles. The Morgan fingerprint density at radius 1 is 0.711 bits per heavy atom. The minimum absolute atomic E-state index is 0.0945. The zero-order chi connectivity index (χ0) is 31.0. The lowest BCUT2D eigenvalue weighted by atomic mass is 10.0. The highest BCUT2D eigenvalue weighted by Crippen LogP contribution is 2.33. The maximum atomic E-state index is 13.6. The van der Waals surface area contributed by atoms with Crippen molar-refractivity contribution in [1.29, 1.82) is 0 Å². The van der Waals surface area contributed by atoms with Crippen LogP contribution in [-0.4, -0.2) is 36.7 Å². The molecule has 0 bridgehead atoms. The molecule has 6 rings (SSSR count). The summed E-state index contributed by atoms with van der Waals surface area (Å²) in [5.74, 6) is 0.350. The lowest BCUT2D eigenvalue weighted by molar-refractivity contribution is -0.114. The first-order valence-corrected chi connectivity index (χ1v) is 15.3. The van der Waals surface area contributed by atoms with E-state index in [1.165, 1.54) is 11.8 Å². The van der Waals surface area contributed by atoms with Crippen LogP contribution in [0.15, 0.2) is 126 Å². The van der Waals surface area contributed by atoms with E-state index in [2.05, 4.69) is 16.0 Å². The first kappa shape index (κ1) is 29.5. The van der Waals surface area contributed by atoms with Gasteiger partial charge in [0, 0.05) is 27.9 Å². The number of rotatable bonds is 9. The Balaban J connectivity index is 1.16. The van der Waals surface area contributed by atoms with E-state index in [0.29, 0.717) is 41.7 Å². The van der Waals surface area contributed by atoms with Gasteiger partial charge in [-0.15, -0.1) is 11.8 Å². The Kier molecular flexibility index (Phi) is 9.08. The maximum absolute atomic E-state index is 13.6. The quantitative estimate of drug-likeness (QED) is 0.125. The summed E-state index contributed by atoms with van der Waals surface area (Å²) in [5.41, 5.74) is 2.46. The van der Waals surface area contributed by atoms with Crippen molar-refractivity contribution in [2.24, 2.45) is 0 Å². The third kappa shape index (κ3) is 7.52. The molecule has 8 nitrogen and oxygen atoms in total. The third-order valence-corrected chi connectivity index (χ3v) is 7.93. The summed E-state index contributed by atoms with van der Waals surface area (Å²) in [6.07, 6.45) is 1.68. The van der Waals surface area contributed by atoms with Gasteiger partial charge in [0.2, 0.25) is 5.91 Å². The van der Waals surface area contributed by atoms with Gasteiger partial charge in [0.1, 0.15) is 18.9 Å². The molecule has 3 amide bonds. The smallest absolute Gasteiger partial charge is 0.272 e. The van der Waals surface area contributed by atoms with Gasteiger partial charge in [-0.1, -0.05) is 66.7 Å². The second-order valence-corrected chi connectivity index (χ2v) is 11.2. The summed E-state index contributed by atoms with van der Waals surface area (Å²) in [5, 5.41) is 10.5. The van der Waals surface area contributed by atoms with Crippen LogP contribution in [0.1, 0.15) is 15.9 Å². The van der Waals surface area contributed by atoms with Gasteiger partial charge in [-0.3, -0.25) is 14.4 Å². The topological polar surface area (TPSA) is 106 Å². The van der Waals surface area contributed by atoms with Crippen LogP contribution in [0.25, 0.3) is 16.8 Å². The zero-order valence-corrected chi connectivity index (χ0v) is 24.9. The predicted molar refractivity (Wildman–Crippen MR) is 178 cm³/mol. The van der Waals surface area contributed by atoms with Crippen molar-refractivity contribution in [1.82, 2.24) is 5.32 Å². The molecule has 5 aromatic carbocycles. The van der Waals surface area contributed by atoms with Crippen molar-refractivity contribution in [3.63, 3.8) is 0 Å². The molecule has 0 atom stereocenters. The normalized spacial score (nSPS) is 12.3. The molecular weight excluding hydrogens is 586 g/mol. The van der Waals surface area contributed by atoms with Crippen molar-refractivity contribution in [3.8, 4) is 11.5 Å². The molecule has 3 N–H and O–H groups in total. The summed E-state index contributed by atoms with van der Waals surface area (Å²) in [7, 11) is 0. The van der Waals surface area contributed by atoms with E-state index < -0.39 is 11.8 Å². The lowest BCUT2D eigenvalue weighted by Gasteiger charge is -2.19. The van der Waals surface area contributed by atoms with Gasteiger partial charge in [-0.2, -0.15) is 0 Å². The molecule has 0 unspecified atom stereocenters. The molecule has 0 fully saturated rings. The number of nitrogens with one attached hydrogen (secondary N) is 3. The number of benzene rings is 5. The first-order chi connectivity index (χ1) is 22.0. The predicted octanol–water partition coefficient (Wildman–Crippen LogP) is 6.75. The summed E-state index contributed by atoms with van der Waals surface area (Å²) in [6.45, 7) is 0.964. The van der Waals surface area contributed by atoms with Gasteiger partial charge >= 0.3 is 0 Å². The van der Waals surface area contributed by atoms with E-state index in [9.17, 15) is 14.4 Å². The van der Waals surface area contributed by atoms with Gasteiger partial charge in [0.05, 0.1) is 5.75 Å². The van der Waals surface area contributed by atoms with Crippen LogP contribution < -0.4 is 25.4 Å². The van der Waals surface area contributed by atoms with Crippen molar-refractivity contribution in [2.75, 3.05) is 29.6 Å². The average molecular weight is 616 g/mol. The number of anilines is 2. The monoisotopic (exact) mass is 615 g/mol. The Hall–Kier alpha value is -5.54. The number of carbonyl (C=O) groups excluding carboxylic acids is 3. The van der Waals surface area contributed by atoms with E-state index in [1.54, 1.807) is 66.7 Å². The van der Waals surface area contributed by atoms with Crippen LogP contribution >= 0.6 is 11.8 Å². The number of ether oxygens (including phenoxy) is 2. The van der Waals surface area contributed by atoms with Crippen LogP contribution in [0, 0.1) is 0 Å². The summed E-state index contributed by atoms with van der Waals surface area (Å²) >= 11 is 1.33. The fourth-order valence-electron chi connectivity index (χ4n) is 4.80. The number of amides is 3. The van der Waals surface area contributed by atoms with E-state index in [0.717, 1.165) is 21.2 Å². The highest BCUT2D eigenvalue weighted by atomic mass is 32.2. The number of hydrogen-bond donors (Lipinski definition) is 3. The summed E-state index contributed by atoms with van der Waals surface area (Å²) < 4.78 is 11.1. The van der Waals surface area contributed by atoms with Crippen LogP contribution in [0.2, 0.25) is 0 Å². The molecule has 0 saturated carbocycles. The van der Waals surface area contributed by atoms with E-state index in [4.69, 9.17) is 9.47 Å².